The summed E-state index contributed by atoms with van der Waals surface area (Å²) in [4.78, 5) is 22.8. The minimum atomic E-state index is -0.375. The van der Waals surface area contributed by atoms with E-state index in [-0.39, 0.29) is 24.0 Å². The molecule has 0 bridgehead atoms. The fraction of sp³-hybridized carbons (Fsp3) is 0.333. The molecule has 0 spiro atoms. The van der Waals surface area contributed by atoms with Crippen LogP contribution in [0.2, 0.25) is 0 Å². The Morgan fingerprint density at radius 3 is 2.61 bits per heavy atom. The quantitative estimate of drug-likeness (QED) is 0.743. The van der Waals surface area contributed by atoms with E-state index in [0.717, 1.165) is 11.3 Å². The Labute approximate surface area is 138 Å². The molecule has 0 saturated heterocycles. The summed E-state index contributed by atoms with van der Waals surface area (Å²) in [5.74, 6) is 0.417. The third-order valence-electron chi connectivity index (χ3n) is 3.19. The molecule has 1 heterocycles. The standard InChI is InChI=1S/C15H19N5O2S/c1-10-3-5-11(6-4-10)17-14(22)9-23-15-19-18-13(20(15)2)8-7-12(16)21/h3-6H,7-9H2,1-2H3,(H2,16,21)(H,17,22). The van der Waals surface area contributed by atoms with Crippen molar-refractivity contribution in [2.24, 2.45) is 12.8 Å². The average molecular weight is 333 g/mol. The molecule has 0 saturated carbocycles. The Hall–Kier alpha value is -2.35. The highest BCUT2D eigenvalue weighted by atomic mass is 32.2. The Kier molecular flexibility index (Phi) is 5.75. The van der Waals surface area contributed by atoms with Crippen LogP contribution in [0.5, 0.6) is 0 Å². The second kappa shape index (κ2) is 7.77. The number of thioether (sulfide) groups is 1. The highest BCUT2D eigenvalue weighted by Gasteiger charge is 2.12. The first-order valence-corrected chi connectivity index (χ1v) is 8.10. The molecule has 0 fully saturated rings. The number of carbonyl (C=O) groups excluding carboxylic acids is 2. The molecule has 122 valence electrons. The van der Waals surface area contributed by atoms with Gasteiger partial charge < -0.3 is 15.6 Å². The summed E-state index contributed by atoms with van der Waals surface area (Å²) in [6.45, 7) is 1.99. The number of aromatic nitrogens is 3. The van der Waals surface area contributed by atoms with Crippen molar-refractivity contribution in [3.8, 4) is 0 Å². The van der Waals surface area contributed by atoms with Gasteiger partial charge in [-0.2, -0.15) is 0 Å². The van der Waals surface area contributed by atoms with Gasteiger partial charge in [0.25, 0.3) is 0 Å². The van der Waals surface area contributed by atoms with Crippen molar-refractivity contribution in [3.05, 3.63) is 35.7 Å². The first kappa shape index (κ1) is 17.0. The van der Waals surface area contributed by atoms with Gasteiger partial charge in [-0.15, -0.1) is 10.2 Å². The zero-order valence-electron chi connectivity index (χ0n) is 13.1. The Bertz CT molecular complexity index is 696. The van der Waals surface area contributed by atoms with Crippen LogP contribution in [0.25, 0.3) is 0 Å². The zero-order valence-corrected chi connectivity index (χ0v) is 13.9. The molecule has 2 amide bonds. The van der Waals surface area contributed by atoms with Crippen LogP contribution in [-0.2, 0) is 23.1 Å². The fourth-order valence-corrected chi connectivity index (χ4v) is 2.62. The lowest BCUT2D eigenvalue weighted by Gasteiger charge is -2.05. The van der Waals surface area contributed by atoms with E-state index in [1.165, 1.54) is 11.8 Å². The van der Waals surface area contributed by atoms with E-state index in [2.05, 4.69) is 15.5 Å². The van der Waals surface area contributed by atoms with Crippen molar-refractivity contribution in [1.29, 1.82) is 0 Å². The normalized spacial score (nSPS) is 10.5. The predicted molar refractivity (Wildman–Crippen MR) is 89.1 cm³/mol. The first-order valence-electron chi connectivity index (χ1n) is 7.11. The third-order valence-corrected chi connectivity index (χ3v) is 4.21. The smallest absolute Gasteiger partial charge is 0.234 e. The zero-order chi connectivity index (χ0) is 16.8. The van der Waals surface area contributed by atoms with E-state index in [1.54, 1.807) is 11.6 Å². The summed E-state index contributed by atoms with van der Waals surface area (Å²) >= 11 is 1.29. The molecule has 1 aromatic heterocycles. The molecule has 2 rings (SSSR count). The van der Waals surface area contributed by atoms with E-state index < -0.39 is 0 Å². The van der Waals surface area contributed by atoms with Gasteiger partial charge in [0, 0.05) is 25.6 Å². The molecule has 0 aliphatic rings. The molecule has 0 aliphatic heterocycles. The van der Waals surface area contributed by atoms with Crippen molar-refractivity contribution in [1.82, 2.24) is 14.8 Å². The molecule has 0 atom stereocenters. The van der Waals surface area contributed by atoms with E-state index >= 15 is 0 Å². The molecule has 7 nitrogen and oxygen atoms in total. The molecule has 1 aromatic carbocycles. The molecule has 0 aliphatic carbocycles. The first-order chi connectivity index (χ1) is 11.0. The summed E-state index contributed by atoms with van der Waals surface area (Å²) in [6.07, 6.45) is 0.666. The number of aryl methyl sites for hydroxylation is 2. The summed E-state index contributed by atoms with van der Waals surface area (Å²) in [5, 5.41) is 11.5. The number of primary amides is 1. The number of hydrogen-bond acceptors (Lipinski definition) is 5. The molecule has 3 N–H and O–H groups in total. The lowest BCUT2D eigenvalue weighted by Crippen LogP contribution is -2.14. The number of nitrogens with zero attached hydrogens (tertiary/aromatic N) is 3. The van der Waals surface area contributed by atoms with Crippen molar-refractivity contribution in [2.75, 3.05) is 11.1 Å². The van der Waals surface area contributed by atoms with Crippen molar-refractivity contribution in [3.63, 3.8) is 0 Å². The molecule has 23 heavy (non-hydrogen) atoms. The van der Waals surface area contributed by atoms with Crippen LogP contribution in [-0.4, -0.2) is 32.3 Å². The van der Waals surface area contributed by atoms with Crippen molar-refractivity contribution >= 4 is 29.3 Å². The van der Waals surface area contributed by atoms with Gasteiger partial charge in [-0.05, 0) is 19.1 Å². The summed E-state index contributed by atoms with van der Waals surface area (Å²) in [5.41, 5.74) is 7.03. The number of benzene rings is 1. The Balaban J connectivity index is 1.86. The maximum atomic E-state index is 12.0. The topological polar surface area (TPSA) is 103 Å². The fourth-order valence-electron chi connectivity index (χ4n) is 1.89. The van der Waals surface area contributed by atoms with Gasteiger partial charge in [-0.3, -0.25) is 9.59 Å². The Morgan fingerprint density at radius 1 is 1.26 bits per heavy atom. The highest BCUT2D eigenvalue weighted by Crippen LogP contribution is 2.17. The van der Waals surface area contributed by atoms with Gasteiger partial charge in [0.05, 0.1) is 5.75 Å². The lowest BCUT2D eigenvalue weighted by molar-refractivity contribution is -0.118. The van der Waals surface area contributed by atoms with E-state index in [4.69, 9.17) is 5.73 Å². The second-order valence-electron chi connectivity index (χ2n) is 5.13. The minimum Gasteiger partial charge on any atom is -0.370 e. The summed E-state index contributed by atoms with van der Waals surface area (Å²) in [7, 11) is 1.80. The van der Waals surface area contributed by atoms with Crippen LogP contribution in [0.4, 0.5) is 5.69 Å². The number of carbonyl (C=O) groups is 2. The Morgan fingerprint density at radius 2 is 1.96 bits per heavy atom. The second-order valence-corrected chi connectivity index (χ2v) is 6.07. The number of anilines is 1. The van der Waals surface area contributed by atoms with Gasteiger partial charge in [-0.25, -0.2) is 0 Å². The molecule has 0 unspecified atom stereocenters. The van der Waals surface area contributed by atoms with Crippen LogP contribution in [0.15, 0.2) is 29.4 Å². The minimum absolute atomic E-state index is 0.111. The average Bonchev–Trinajstić information content (AvgIpc) is 2.86. The van der Waals surface area contributed by atoms with Gasteiger partial charge >= 0.3 is 0 Å². The van der Waals surface area contributed by atoms with Crippen LogP contribution in [0, 0.1) is 6.92 Å². The largest absolute Gasteiger partial charge is 0.370 e. The van der Waals surface area contributed by atoms with Gasteiger partial charge in [-0.1, -0.05) is 29.5 Å². The van der Waals surface area contributed by atoms with E-state index in [9.17, 15) is 9.59 Å². The van der Waals surface area contributed by atoms with Crippen LogP contribution in [0.1, 0.15) is 17.8 Å². The van der Waals surface area contributed by atoms with E-state index in [1.807, 2.05) is 31.2 Å². The number of nitrogens with one attached hydrogen (secondary N) is 1. The monoisotopic (exact) mass is 333 g/mol. The maximum Gasteiger partial charge on any atom is 0.234 e. The number of hydrogen-bond donors (Lipinski definition) is 2. The predicted octanol–water partition coefficient (Wildman–Crippen LogP) is 1.27. The van der Waals surface area contributed by atoms with Crippen LogP contribution in [0.3, 0.4) is 0 Å². The van der Waals surface area contributed by atoms with Gasteiger partial charge in [0.2, 0.25) is 11.8 Å². The summed E-state index contributed by atoms with van der Waals surface area (Å²) < 4.78 is 1.77. The molecule has 2 aromatic rings. The molecular formula is C15H19N5O2S. The number of rotatable bonds is 7. The summed E-state index contributed by atoms with van der Waals surface area (Å²) in [6, 6.07) is 7.61. The number of nitrogens with two attached hydrogens (primary N) is 1. The van der Waals surface area contributed by atoms with Gasteiger partial charge in [0.15, 0.2) is 5.16 Å². The maximum absolute atomic E-state index is 12.0. The van der Waals surface area contributed by atoms with E-state index in [0.29, 0.717) is 17.4 Å². The SMILES string of the molecule is Cc1ccc(NC(=O)CSc2nnc(CCC(N)=O)n2C)cc1. The van der Waals surface area contributed by atoms with Crippen LogP contribution < -0.4 is 11.1 Å². The van der Waals surface area contributed by atoms with Crippen molar-refractivity contribution < 1.29 is 9.59 Å². The van der Waals surface area contributed by atoms with Crippen molar-refractivity contribution in [2.45, 2.75) is 24.9 Å². The third kappa shape index (κ3) is 5.10. The molecule has 0 radical (unpaired) electrons. The number of amides is 2. The van der Waals surface area contributed by atoms with Gasteiger partial charge in [0.1, 0.15) is 5.82 Å². The highest BCUT2D eigenvalue weighted by molar-refractivity contribution is 7.99. The molecular weight excluding hydrogens is 314 g/mol. The molecule has 8 heteroatoms. The van der Waals surface area contributed by atoms with Crippen LogP contribution >= 0.6 is 11.8 Å². The lowest BCUT2D eigenvalue weighted by atomic mass is 10.2.